The molecule has 2 heterocycles. The van der Waals surface area contributed by atoms with Crippen LogP contribution < -0.4 is 4.90 Å². The predicted molar refractivity (Wildman–Crippen MR) is 94.7 cm³/mol. The third-order valence-corrected chi connectivity index (χ3v) is 4.03. The van der Waals surface area contributed by atoms with Gasteiger partial charge in [0.25, 0.3) is 0 Å². The van der Waals surface area contributed by atoms with Crippen molar-refractivity contribution in [3.8, 4) is 0 Å². The molecule has 1 fully saturated rings. The lowest BCUT2D eigenvalue weighted by Gasteiger charge is -2.35. The number of nitro groups is 1. The van der Waals surface area contributed by atoms with Gasteiger partial charge in [-0.25, -0.2) is 9.78 Å². The Morgan fingerprint density at radius 3 is 2.88 bits per heavy atom. The largest absolute Gasteiger partial charge is 0.444 e. The van der Waals surface area contributed by atoms with Crippen molar-refractivity contribution in [2.75, 3.05) is 31.6 Å². The molecule has 25 heavy (non-hydrogen) atoms. The SMILES string of the molecule is CN(CC1CCCN(C(=O)OC(C)(C)C)C1)c1ncccc1[N+](=O)[O-]. The van der Waals surface area contributed by atoms with Crippen LogP contribution in [0.3, 0.4) is 0 Å². The van der Waals surface area contributed by atoms with Crippen molar-refractivity contribution in [2.24, 2.45) is 5.92 Å². The summed E-state index contributed by atoms with van der Waals surface area (Å²) in [5.74, 6) is 0.565. The van der Waals surface area contributed by atoms with Crippen LogP contribution in [-0.2, 0) is 4.74 Å². The summed E-state index contributed by atoms with van der Waals surface area (Å²) in [6.07, 6.45) is 3.10. The van der Waals surface area contributed by atoms with Gasteiger partial charge in [-0.15, -0.1) is 0 Å². The van der Waals surface area contributed by atoms with E-state index in [4.69, 9.17) is 4.74 Å². The number of hydrogen-bond acceptors (Lipinski definition) is 6. The summed E-state index contributed by atoms with van der Waals surface area (Å²) in [6, 6.07) is 3.01. The van der Waals surface area contributed by atoms with Crippen molar-refractivity contribution >= 4 is 17.6 Å². The smallest absolute Gasteiger partial charge is 0.410 e. The number of rotatable bonds is 4. The van der Waals surface area contributed by atoms with Gasteiger partial charge in [-0.1, -0.05) is 0 Å². The van der Waals surface area contributed by atoms with Crippen molar-refractivity contribution in [3.63, 3.8) is 0 Å². The summed E-state index contributed by atoms with van der Waals surface area (Å²) >= 11 is 0. The molecule has 1 aromatic rings. The molecule has 0 aromatic carbocycles. The number of piperidine rings is 1. The quantitative estimate of drug-likeness (QED) is 0.612. The molecular weight excluding hydrogens is 324 g/mol. The number of nitrogens with zero attached hydrogens (tertiary/aromatic N) is 4. The molecule has 8 nitrogen and oxygen atoms in total. The van der Waals surface area contributed by atoms with E-state index in [-0.39, 0.29) is 17.7 Å². The average Bonchev–Trinajstić information content (AvgIpc) is 2.53. The van der Waals surface area contributed by atoms with E-state index in [1.54, 1.807) is 29.1 Å². The Hall–Kier alpha value is -2.38. The molecule has 138 valence electrons. The van der Waals surface area contributed by atoms with Gasteiger partial charge in [0.15, 0.2) is 0 Å². The molecular formula is C17H26N4O4. The number of carbonyl (C=O) groups is 1. The Balaban J connectivity index is 2.01. The molecule has 1 aliphatic rings. The fraction of sp³-hybridized carbons (Fsp3) is 0.647. The normalized spacial score (nSPS) is 17.9. The molecule has 0 N–H and O–H groups in total. The minimum Gasteiger partial charge on any atom is -0.444 e. The van der Waals surface area contributed by atoms with Gasteiger partial charge in [0, 0.05) is 38.9 Å². The molecule has 0 radical (unpaired) electrons. The van der Waals surface area contributed by atoms with Crippen LogP contribution in [0.4, 0.5) is 16.3 Å². The third-order valence-electron chi connectivity index (χ3n) is 4.03. The molecule has 1 amide bonds. The molecule has 1 atom stereocenters. The first kappa shape index (κ1) is 19.0. The van der Waals surface area contributed by atoms with Gasteiger partial charge in [0.05, 0.1) is 4.92 Å². The van der Waals surface area contributed by atoms with Crippen molar-refractivity contribution in [1.82, 2.24) is 9.88 Å². The molecule has 1 saturated heterocycles. The number of likely N-dealkylation sites (tertiary alicyclic amines) is 1. The summed E-state index contributed by atoms with van der Waals surface area (Å²) in [4.78, 5) is 30.6. The van der Waals surface area contributed by atoms with Gasteiger partial charge in [0.1, 0.15) is 5.60 Å². The zero-order valence-electron chi connectivity index (χ0n) is 15.3. The second kappa shape index (κ2) is 7.67. The third kappa shape index (κ3) is 5.30. The molecule has 0 bridgehead atoms. The van der Waals surface area contributed by atoms with E-state index in [2.05, 4.69) is 4.98 Å². The van der Waals surface area contributed by atoms with Gasteiger partial charge >= 0.3 is 11.8 Å². The average molecular weight is 350 g/mol. The second-order valence-electron chi connectivity index (χ2n) is 7.42. The number of carbonyl (C=O) groups excluding carboxylic acids is 1. The number of pyridine rings is 1. The number of ether oxygens (including phenoxy) is 1. The molecule has 2 rings (SSSR count). The van der Waals surface area contributed by atoms with E-state index in [1.807, 2.05) is 20.8 Å². The first-order valence-corrected chi connectivity index (χ1v) is 8.46. The van der Waals surface area contributed by atoms with Crippen LogP contribution >= 0.6 is 0 Å². The molecule has 0 aliphatic carbocycles. The Bertz CT molecular complexity index is 629. The van der Waals surface area contributed by atoms with E-state index in [0.29, 0.717) is 25.5 Å². The van der Waals surface area contributed by atoms with E-state index in [1.165, 1.54) is 6.07 Å². The van der Waals surface area contributed by atoms with E-state index >= 15 is 0 Å². The van der Waals surface area contributed by atoms with Crippen LogP contribution in [0, 0.1) is 16.0 Å². The molecule has 1 unspecified atom stereocenters. The van der Waals surface area contributed by atoms with Crippen LogP contribution in [0.1, 0.15) is 33.6 Å². The summed E-state index contributed by atoms with van der Waals surface area (Å²) < 4.78 is 5.44. The molecule has 1 aromatic heterocycles. The fourth-order valence-corrected chi connectivity index (χ4v) is 3.01. The number of hydrogen-bond donors (Lipinski definition) is 0. The van der Waals surface area contributed by atoms with Gasteiger partial charge < -0.3 is 14.5 Å². The molecule has 8 heteroatoms. The standard InChI is InChI=1S/C17H26N4O4/c1-17(2,3)25-16(22)20-10-6-7-13(12-20)11-19(4)15-14(21(23)24)8-5-9-18-15/h5,8-9,13H,6-7,10-12H2,1-4H3. The lowest BCUT2D eigenvalue weighted by Crippen LogP contribution is -2.45. The summed E-state index contributed by atoms with van der Waals surface area (Å²) in [5.41, 5.74) is -0.528. The maximum atomic E-state index is 12.2. The molecule has 0 spiro atoms. The summed E-state index contributed by atoms with van der Waals surface area (Å²) in [6.45, 7) is 7.40. The first-order chi connectivity index (χ1) is 11.7. The number of amides is 1. The van der Waals surface area contributed by atoms with Crippen molar-refractivity contribution in [3.05, 3.63) is 28.4 Å². The fourth-order valence-electron chi connectivity index (χ4n) is 3.01. The van der Waals surface area contributed by atoms with Gasteiger partial charge in [-0.05, 0) is 45.6 Å². The van der Waals surface area contributed by atoms with Gasteiger partial charge in [-0.2, -0.15) is 0 Å². The van der Waals surface area contributed by atoms with Crippen LogP contribution in [0.5, 0.6) is 0 Å². The topological polar surface area (TPSA) is 88.8 Å². The van der Waals surface area contributed by atoms with E-state index in [9.17, 15) is 14.9 Å². The monoisotopic (exact) mass is 350 g/mol. The highest BCUT2D eigenvalue weighted by atomic mass is 16.6. The van der Waals surface area contributed by atoms with Crippen molar-refractivity contribution < 1.29 is 14.5 Å². The van der Waals surface area contributed by atoms with Crippen LogP contribution in [0.25, 0.3) is 0 Å². The molecule has 1 aliphatic heterocycles. The first-order valence-electron chi connectivity index (χ1n) is 8.46. The highest BCUT2D eigenvalue weighted by Crippen LogP contribution is 2.26. The highest BCUT2D eigenvalue weighted by Gasteiger charge is 2.29. The lowest BCUT2D eigenvalue weighted by molar-refractivity contribution is -0.384. The second-order valence-corrected chi connectivity index (χ2v) is 7.42. The highest BCUT2D eigenvalue weighted by molar-refractivity contribution is 5.68. The minimum atomic E-state index is -0.518. The summed E-state index contributed by atoms with van der Waals surface area (Å²) in [5, 5.41) is 11.2. The Morgan fingerprint density at radius 1 is 1.52 bits per heavy atom. The van der Waals surface area contributed by atoms with Gasteiger partial charge in [-0.3, -0.25) is 10.1 Å². The maximum absolute atomic E-state index is 12.2. The summed E-state index contributed by atoms with van der Waals surface area (Å²) in [7, 11) is 1.79. The van der Waals surface area contributed by atoms with E-state index < -0.39 is 10.5 Å². The maximum Gasteiger partial charge on any atom is 0.410 e. The number of aromatic nitrogens is 1. The van der Waals surface area contributed by atoms with Gasteiger partial charge in [0.2, 0.25) is 5.82 Å². The number of anilines is 1. The zero-order valence-corrected chi connectivity index (χ0v) is 15.3. The van der Waals surface area contributed by atoms with Crippen molar-refractivity contribution in [1.29, 1.82) is 0 Å². The van der Waals surface area contributed by atoms with E-state index in [0.717, 1.165) is 12.8 Å². The molecule has 0 saturated carbocycles. The Labute approximate surface area is 147 Å². The van der Waals surface area contributed by atoms with Crippen molar-refractivity contribution in [2.45, 2.75) is 39.2 Å². The van der Waals surface area contributed by atoms with Crippen LogP contribution in [0.2, 0.25) is 0 Å². The minimum absolute atomic E-state index is 0.00944. The lowest BCUT2D eigenvalue weighted by atomic mass is 9.98. The Kier molecular flexibility index (Phi) is 5.81. The predicted octanol–water partition coefficient (Wildman–Crippen LogP) is 3.07. The zero-order chi connectivity index (χ0) is 18.6. The Morgan fingerprint density at radius 2 is 2.24 bits per heavy atom. The van der Waals surface area contributed by atoms with Crippen LogP contribution in [0.15, 0.2) is 18.3 Å². The van der Waals surface area contributed by atoms with Crippen LogP contribution in [-0.4, -0.2) is 53.2 Å².